The van der Waals surface area contributed by atoms with Crippen LogP contribution < -0.4 is 5.32 Å². The number of carbonyl (C=O) groups excluding carboxylic acids is 1. The number of hydrogen-bond donors (Lipinski definition) is 1. The van der Waals surface area contributed by atoms with Crippen LogP contribution in [0.1, 0.15) is 13.8 Å². The molecule has 1 rings (SSSR count). The van der Waals surface area contributed by atoms with E-state index >= 15 is 0 Å². The van der Waals surface area contributed by atoms with Crippen LogP contribution in [0.3, 0.4) is 0 Å². The molecule has 0 aromatic carbocycles. The minimum absolute atomic E-state index is 0.0132. The van der Waals surface area contributed by atoms with E-state index in [0.29, 0.717) is 0 Å². The minimum Gasteiger partial charge on any atom is -0.335 e. The number of amides is 1. The first-order valence-corrected chi connectivity index (χ1v) is 3.62. The van der Waals surface area contributed by atoms with Gasteiger partial charge in [0.25, 0.3) is 0 Å². The zero-order chi connectivity index (χ0) is 9.14. The zero-order valence-corrected chi connectivity index (χ0v) is 6.94. The predicted molar refractivity (Wildman–Crippen MR) is 41.4 cm³/mol. The van der Waals surface area contributed by atoms with Gasteiger partial charge in [-0.3, -0.25) is 0 Å². The first kappa shape index (κ1) is 8.58. The van der Waals surface area contributed by atoms with Crippen molar-refractivity contribution in [2.75, 3.05) is 0 Å². The molecule has 0 bridgehead atoms. The van der Waals surface area contributed by atoms with Gasteiger partial charge in [0.05, 0.1) is 0 Å². The molecule has 1 N–H and O–H groups in total. The van der Waals surface area contributed by atoms with Crippen LogP contribution in [0.4, 0.5) is 4.79 Å². The van der Waals surface area contributed by atoms with E-state index in [9.17, 15) is 9.90 Å². The normalized spacial score (nSPS) is 10.2. The fourth-order valence-electron chi connectivity index (χ4n) is 0.761. The Morgan fingerprint density at radius 3 is 2.75 bits per heavy atom. The second-order valence-electron chi connectivity index (χ2n) is 2.68. The Morgan fingerprint density at radius 2 is 2.33 bits per heavy atom. The number of carbonyl (C=O) groups is 1. The van der Waals surface area contributed by atoms with Crippen LogP contribution >= 0.6 is 0 Å². The maximum Gasteiger partial charge on any atom is 0.355 e. The second kappa shape index (κ2) is 3.25. The molecule has 5 heteroatoms. The first-order chi connectivity index (χ1) is 5.61. The van der Waals surface area contributed by atoms with Gasteiger partial charge in [-0.2, -0.15) is 4.98 Å². The molecule has 1 aromatic heterocycles. The van der Waals surface area contributed by atoms with Crippen LogP contribution in [0.15, 0.2) is 12.4 Å². The largest absolute Gasteiger partial charge is 0.355 e. The maximum absolute atomic E-state index is 11.1. The first-order valence-electron chi connectivity index (χ1n) is 3.62. The molecule has 0 atom stereocenters. The summed E-state index contributed by atoms with van der Waals surface area (Å²) in [6.07, 6.45) is 2.63. The van der Waals surface area contributed by atoms with Crippen molar-refractivity contribution in [3.8, 4) is 6.01 Å². The van der Waals surface area contributed by atoms with Crippen LogP contribution in [0.5, 0.6) is 6.01 Å². The van der Waals surface area contributed by atoms with E-state index in [2.05, 4.69) is 10.3 Å². The molecule has 65 valence electrons. The highest BCUT2D eigenvalue weighted by molar-refractivity contribution is 5.77. The van der Waals surface area contributed by atoms with E-state index in [0.717, 1.165) is 4.57 Å². The standard InChI is InChI=1S/C7H10N3O2/c1-5(2)9-7(12)10-4-3-8-6(10)11/h3-5H,1-2H3,(H,9,12). The summed E-state index contributed by atoms with van der Waals surface area (Å²) in [7, 11) is 0. The van der Waals surface area contributed by atoms with E-state index in [4.69, 9.17) is 0 Å². The van der Waals surface area contributed by atoms with Crippen LogP contribution in [0.25, 0.3) is 0 Å². The molecule has 0 aliphatic rings. The average Bonchev–Trinajstić information content (AvgIpc) is 2.33. The quantitative estimate of drug-likeness (QED) is 0.679. The minimum atomic E-state index is -0.548. The summed E-state index contributed by atoms with van der Waals surface area (Å²) in [5, 5.41) is 13.4. The Kier molecular flexibility index (Phi) is 2.32. The second-order valence-corrected chi connectivity index (χ2v) is 2.68. The highest BCUT2D eigenvalue weighted by Gasteiger charge is 2.10. The van der Waals surface area contributed by atoms with Gasteiger partial charge in [-0.25, -0.2) is 14.5 Å². The Balaban J connectivity index is 2.72. The van der Waals surface area contributed by atoms with Crippen molar-refractivity contribution in [1.82, 2.24) is 14.9 Å². The summed E-state index contributed by atoms with van der Waals surface area (Å²) < 4.78 is 0.931. The Morgan fingerprint density at radius 1 is 1.67 bits per heavy atom. The molecule has 0 aliphatic heterocycles. The van der Waals surface area contributed by atoms with Crippen LogP contribution in [-0.2, 0) is 5.11 Å². The van der Waals surface area contributed by atoms with E-state index in [1.807, 2.05) is 13.8 Å². The fraction of sp³-hybridized carbons (Fsp3) is 0.429. The molecule has 5 nitrogen and oxygen atoms in total. The molecular weight excluding hydrogens is 158 g/mol. The van der Waals surface area contributed by atoms with Crippen LogP contribution in [0.2, 0.25) is 0 Å². The molecule has 1 amide bonds. The third kappa shape index (κ3) is 1.75. The SMILES string of the molecule is CC(C)NC(=O)n1ccnc1[O]. The molecular formula is C7H10N3O2. The zero-order valence-electron chi connectivity index (χ0n) is 6.94. The van der Waals surface area contributed by atoms with Crippen molar-refractivity contribution in [1.29, 1.82) is 0 Å². The summed E-state index contributed by atoms with van der Waals surface area (Å²) in [6.45, 7) is 3.64. The van der Waals surface area contributed by atoms with Gasteiger partial charge in [0.1, 0.15) is 0 Å². The van der Waals surface area contributed by atoms with E-state index < -0.39 is 12.0 Å². The summed E-state index contributed by atoms with van der Waals surface area (Å²) in [6, 6.07) is -0.972. The van der Waals surface area contributed by atoms with Gasteiger partial charge in [-0.15, -0.1) is 0 Å². The van der Waals surface area contributed by atoms with Crippen molar-refractivity contribution < 1.29 is 9.90 Å². The van der Waals surface area contributed by atoms with E-state index in [1.165, 1.54) is 12.4 Å². The predicted octanol–water partition coefficient (Wildman–Crippen LogP) is 0.993. The monoisotopic (exact) mass is 168 g/mol. The number of nitrogens with zero attached hydrogens (tertiary/aromatic N) is 2. The lowest BCUT2D eigenvalue weighted by molar-refractivity contribution is 0.231. The van der Waals surface area contributed by atoms with E-state index in [-0.39, 0.29) is 6.04 Å². The van der Waals surface area contributed by atoms with Gasteiger partial charge in [0.2, 0.25) is 0 Å². The third-order valence-electron chi connectivity index (χ3n) is 1.24. The number of nitrogens with one attached hydrogen (secondary N) is 1. The molecule has 0 spiro atoms. The molecule has 0 unspecified atom stereocenters. The smallest absolute Gasteiger partial charge is 0.335 e. The topological polar surface area (TPSA) is 66.8 Å². The number of hydrogen-bond acceptors (Lipinski definition) is 2. The summed E-state index contributed by atoms with van der Waals surface area (Å²) >= 11 is 0. The molecule has 12 heavy (non-hydrogen) atoms. The number of rotatable bonds is 1. The molecule has 1 heterocycles. The third-order valence-corrected chi connectivity index (χ3v) is 1.24. The highest BCUT2D eigenvalue weighted by Crippen LogP contribution is 2.03. The van der Waals surface area contributed by atoms with Gasteiger partial charge in [-0.05, 0) is 13.8 Å². The lowest BCUT2D eigenvalue weighted by atomic mass is 10.4. The molecule has 0 aliphatic carbocycles. The van der Waals surface area contributed by atoms with Crippen LogP contribution in [-0.4, -0.2) is 21.6 Å². The van der Waals surface area contributed by atoms with Crippen molar-refractivity contribution in [2.45, 2.75) is 19.9 Å². The molecule has 0 saturated heterocycles. The van der Waals surface area contributed by atoms with Gasteiger partial charge >= 0.3 is 12.0 Å². The summed E-state index contributed by atoms with van der Waals surface area (Å²) in [5.41, 5.74) is 0. The van der Waals surface area contributed by atoms with Gasteiger partial charge in [0.15, 0.2) is 0 Å². The Bertz CT molecular complexity index is 280. The summed E-state index contributed by atoms with van der Waals surface area (Å²) in [4.78, 5) is 14.5. The van der Waals surface area contributed by atoms with E-state index in [1.54, 1.807) is 0 Å². The average molecular weight is 168 g/mol. The van der Waals surface area contributed by atoms with Gasteiger partial charge in [-0.1, -0.05) is 0 Å². The Hall–Kier alpha value is -1.52. The number of aromatic nitrogens is 2. The highest BCUT2D eigenvalue weighted by atomic mass is 16.3. The van der Waals surface area contributed by atoms with Crippen molar-refractivity contribution >= 4 is 6.03 Å². The lowest BCUT2D eigenvalue weighted by Gasteiger charge is -2.07. The number of imidazole rings is 1. The maximum atomic E-state index is 11.1. The van der Waals surface area contributed by atoms with Gasteiger partial charge < -0.3 is 5.32 Å². The van der Waals surface area contributed by atoms with Crippen molar-refractivity contribution in [3.05, 3.63) is 12.4 Å². The Labute approximate surface area is 70.0 Å². The van der Waals surface area contributed by atoms with Crippen molar-refractivity contribution in [3.63, 3.8) is 0 Å². The van der Waals surface area contributed by atoms with Gasteiger partial charge in [0, 0.05) is 18.4 Å². The summed E-state index contributed by atoms with van der Waals surface area (Å²) in [5.74, 6) is 0. The fourth-order valence-corrected chi connectivity index (χ4v) is 0.761. The van der Waals surface area contributed by atoms with Crippen molar-refractivity contribution in [2.24, 2.45) is 0 Å². The molecule has 1 aromatic rings. The molecule has 1 radical (unpaired) electrons. The lowest BCUT2D eigenvalue weighted by Crippen LogP contribution is -2.33. The van der Waals surface area contributed by atoms with Crippen LogP contribution in [0, 0.1) is 0 Å². The molecule has 0 fully saturated rings. The molecule has 0 saturated carbocycles.